The highest BCUT2D eigenvalue weighted by molar-refractivity contribution is 5.67. The lowest BCUT2D eigenvalue weighted by atomic mass is 10.2. The molecule has 0 saturated heterocycles. The summed E-state index contributed by atoms with van der Waals surface area (Å²) in [6.45, 7) is 5.19. The first-order valence-electron chi connectivity index (χ1n) is 6.50. The Morgan fingerprint density at radius 1 is 1.30 bits per heavy atom. The van der Waals surface area contributed by atoms with E-state index in [4.69, 9.17) is 9.53 Å². The molecule has 0 aliphatic heterocycles. The molecule has 0 bridgehead atoms. The van der Waals surface area contributed by atoms with Gasteiger partial charge in [-0.1, -0.05) is 29.8 Å². The maximum atomic E-state index is 11.3. The maximum absolute atomic E-state index is 11.3. The van der Waals surface area contributed by atoms with Crippen molar-refractivity contribution >= 4 is 12.4 Å². The normalized spacial score (nSPS) is 9.45. The number of nitrogens with zero attached hydrogens (tertiary/aromatic N) is 1. The van der Waals surface area contributed by atoms with Gasteiger partial charge >= 0.3 is 6.09 Å². The highest BCUT2D eigenvalue weighted by Gasteiger charge is 2.01. The zero-order chi connectivity index (χ0) is 15.4. The predicted octanol–water partition coefficient (Wildman–Crippen LogP) is 1.99. The molecule has 0 radical (unpaired) electrons. The fourth-order valence-corrected chi connectivity index (χ4v) is 1.27. The number of ether oxygens (including phenoxy) is 1. The third-order valence-electron chi connectivity index (χ3n) is 2.32. The van der Waals surface area contributed by atoms with Gasteiger partial charge in [-0.25, -0.2) is 4.79 Å². The largest absolute Gasteiger partial charge is 0.445 e. The second-order valence-electron chi connectivity index (χ2n) is 4.53. The van der Waals surface area contributed by atoms with Gasteiger partial charge in [0.1, 0.15) is 12.9 Å². The molecule has 1 aromatic rings. The van der Waals surface area contributed by atoms with Crippen LogP contribution in [0.3, 0.4) is 0 Å². The molecular weight excluding hydrogens is 256 g/mol. The van der Waals surface area contributed by atoms with Crippen LogP contribution in [0.5, 0.6) is 0 Å². The summed E-state index contributed by atoms with van der Waals surface area (Å²) in [5.41, 5.74) is 2.20. The van der Waals surface area contributed by atoms with Gasteiger partial charge in [0.15, 0.2) is 0 Å². The molecule has 20 heavy (non-hydrogen) atoms. The van der Waals surface area contributed by atoms with E-state index in [1.807, 2.05) is 50.2 Å². The third kappa shape index (κ3) is 10.1. The van der Waals surface area contributed by atoms with E-state index >= 15 is 0 Å². The Labute approximate surface area is 120 Å². The van der Waals surface area contributed by atoms with E-state index in [2.05, 4.69) is 5.32 Å². The minimum atomic E-state index is -0.368. The molecule has 5 nitrogen and oxygen atoms in total. The number of benzene rings is 1. The lowest BCUT2D eigenvalue weighted by molar-refractivity contribution is -0.106. The summed E-state index contributed by atoms with van der Waals surface area (Å²) in [6.07, 6.45) is 0.382. The minimum absolute atomic E-state index is 0.314. The van der Waals surface area contributed by atoms with Crippen LogP contribution < -0.4 is 5.32 Å². The van der Waals surface area contributed by atoms with Crippen molar-refractivity contribution < 1.29 is 14.3 Å². The zero-order valence-electron chi connectivity index (χ0n) is 12.7. The van der Waals surface area contributed by atoms with E-state index in [-0.39, 0.29) is 6.09 Å². The average molecular weight is 280 g/mol. The predicted molar refractivity (Wildman–Crippen MR) is 79.7 cm³/mol. The summed E-state index contributed by atoms with van der Waals surface area (Å²) in [6, 6.07) is 7.93. The van der Waals surface area contributed by atoms with Gasteiger partial charge in [-0.15, -0.1) is 0 Å². The first kappa shape index (κ1) is 18.1. The van der Waals surface area contributed by atoms with E-state index in [0.717, 1.165) is 18.4 Å². The number of hydrogen-bond donors (Lipinski definition) is 1. The Hall–Kier alpha value is -1.88. The molecule has 0 saturated carbocycles. The molecule has 0 aromatic heterocycles. The molecule has 0 spiro atoms. The Morgan fingerprint density at radius 3 is 2.35 bits per heavy atom. The standard InChI is InChI=1S/C13H20N2O2.C2H4O/c1-11-4-6-12(7-5-11)10-17-13(16)14-8-9-15(2)3;1-2-3/h4-7H,8-10H2,1-3H3,(H,14,16);2H,1H3. The minimum Gasteiger partial charge on any atom is -0.445 e. The molecule has 1 amide bonds. The van der Waals surface area contributed by atoms with Gasteiger partial charge < -0.3 is 19.7 Å². The van der Waals surface area contributed by atoms with Crippen LogP contribution in [-0.4, -0.2) is 44.5 Å². The summed E-state index contributed by atoms with van der Waals surface area (Å²) in [4.78, 5) is 22.1. The van der Waals surface area contributed by atoms with Gasteiger partial charge in [0, 0.05) is 13.1 Å². The van der Waals surface area contributed by atoms with Crippen molar-refractivity contribution in [1.82, 2.24) is 10.2 Å². The Morgan fingerprint density at radius 2 is 1.85 bits per heavy atom. The van der Waals surface area contributed by atoms with Gasteiger partial charge in [-0.2, -0.15) is 0 Å². The fourth-order valence-electron chi connectivity index (χ4n) is 1.27. The van der Waals surface area contributed by atoms with Crippen molar-refractivity contribution in [2.45, 2.75) is 20.5 Å². The number of rotatable bonds is 5. The van der Waals surface area contributed by atoms with Crippen molar-refractivity contribution in [3.05, 3.63) is 35.4 Å². The van der Waals surface area contributed by atoms with Crippen LogP contribution in [0.2, 0.25) is 0 Å². The second-order valence-corrected chi connectivity index (χ2v) is 4.53. The van der Waals surface area contributed by atoms with Gasteiger partial charge in [0.05, 0.1) is 0 Å². The lowest BCUT2D eigenvalue weighted by Crippen LogP contribution is -2.31. The van der Waals surface area contributed by atoms with Crippen molar-refractivity contribution in [2.24, 2.45) is 0 Å². The molecule has 0 fully saturated rings. The molecule has 0 atom stereocenters. The molecule has 5 heteroatoms. The number of carbonyl (C=O) groups is 2. The fraction of sp³-hybridized carbons (Fsp3) is 0.467. The molecule has 0 unspecified atom stereocenters. The van der Waals surface area contributed by atoms with Crippen LogP contribution in [0, 0.1) is 6.92 Å². The average Bonchev–Trinajstić information content (AvgIpc) is 2.38. The van der Waals surface area contributed by atoms with Crippen molar-refractivity contribution in [2.75, 3.05) is 27.2 Å². The molecular formula is C15H24N2O3. The van der Waals surface area contributed by atoms with E-state index in [9.17, 15) is 4.79 Å². The van der Waals surface area contributed by atoms with E-state index in [1.54, 1.807) is 0 Å². The lowest BCUT2D eigenvalue weighted by Gasteiger charge is -2.10. The zero-order valence-corrected chi connectivity index (χ0v) is 12.7. The number of nitrogens with one attached hydrogen (secondary N) is 1. The number of hydrogen-bond acceptors (Lipinski definition) is 4. The van der Waals surface area contributed by atoms with Crippen molar-refractivity contribution in [3.63, 3.8) is 0 Å². The molecule has 0 aliphatic rings. The highest BCUT2D eigenvalue weighted by atomic mass is 16.5. The summed E-state index contributed by atoms with van der Waals surface area (Å²) in [7, 11) is 3.92. The maximum Gasteiger partial charge on any atom is 0.407 e. The van der Waals surface area contributed by atoms with Crippen LogP contribution in [0.15, 0.2) is 24.3 Å². The van der Waals surface area contributed by atoms with E-state index in [1.165, 1.54) is 12.5 Å². The van der Waals surface area contributed by atoms with Crippen LogP contribution in [0.25, 0.3) is 0 Å². The molecule has 0 aliphatic carbocycles. The first-order chi connectivity index (χ1) is 9.49. The Kier molecular flexibility index (Phi) is 9.96. The van der Waals surface area contributed by atoms with Crippen molar-refractivity contribution in [3.8, 4) is 0 Å². The molecule has 1 rings (SSSR count). The smallest absolute Gasteiger partial charge is 0.407 e. The van der Waals surface area contributed by atoms with Crippen LogP contribution in [0.1, 0.15) is 18.1 Å². The summed E-state index contributed by atoms with van der Waals surface area (Å²) in [5, 5.41) is 2.69. The number of alkyl carbamates (subject to hydrolysis) is 1. The van der Waals surface area contributed by atoms with E-state index in [0.29, 0.717) is 13.2 Å². The number of likely N-dealkylation sites (N-methyl/N-ethyl adjacent to an activating group) is 1. The summed E-state index contributed by atoms with van der Waals surface area (Å²) in [5.74, 6) is 0. The van der Waals surface area contributed by atoms with Crippen LogP contribution in [0.4, 0.5) is 4.79 Å². The SMILES string of the molecule is CC=O.Cc1ccc(COC(=O)NCCN(C)C)cc1. The molecule has 112 valence electrons. The summed E-state index contributed by atoms with van der Waals surface area (Å²) >= 11 is 0. The van der Waals surface area contributed by atoms with Crippen LogP contribution >= 0.6 is 0 Å². The molecule has 1 aromatic carbocycles. The number of aryl methyl sites for hydroxylation is 1. The number of aldehydes is 1. The second kappa shape index (κ2) is 11.0. The third-order valence-corrected chi connectivity index (χ3v) is 2.32. The highest BCUT2D eigenvalue weighted by Crippen LogP contribution is 2.04. The van der Waals surface area contributed by atoms with Gasteiger partial charge in [-0.05, 0) is 33.5 Å². The molecule has 1 N–H and O–H groups in total. The monoisotopic (exact) mass is 280 g/mol. The summed E-state index contributed by atoms with van der Waals surface area (Å²) < 4.78 is 5.08. The number of carbonyl (C=O) groups excluding carboxylic acids is 2. The van der Waals surface area contributed by atoms with Gasteiger partial charge in [0.2, 0.25) is 0 Å². The first-order valence-corrected chi connectivity index (χ1v) is 6.50. The topological polar surface area (TPSA) is 58.6 Å². The van der Waals surface area contributed by atoms with Crippen LogP contribution in [-0.2, 0) is 16.1 Å². The van der Waals surface area contributed by atoms with E-state index < -0.39 is 0 Å². The van der Waals surface area contributed by atoms with Gasteiger partial charge in [-0.3, -0.25) is 0 Å². The van der Waals surface area contributed by atoms with Crippen molar-refractivity contribution in [1.29, 1.82) is 0 Å². The molecule has 0 heterocycles. The van der Waals surface area contributed by atoms with Gasteiger partial charge in [0.25, 0.3) is 0 Å². The Balaban J connectivity index is 0.00000110. The quantitative estimate of drug-likeness (QED) is 0.838. The Bertz CT molecular complexity index is 389. The number of amides is 1.